The van der Waals surface area contributed by atoms with Crippen molar-refractivity contribution in [2.75, 3.05) is 0 Å². The van der Waals surface area contributed by atoms with E-state index in [2.05, 4.69) is 4.74 Å². The van der Waals surface area contributed by atoms with E-state index in [0.717, 1.165) is 19.3 Å². The monoisotopic (exact) mass is 158 g/mol. The molecule has 0 aromatic heterocycles. The summed E-state index contributed by atoms with van der Waals surface area (Å²) in [6.07, 6.45) is 2.16. The quantitative estimate of drug-likeness (QED) is 0.387. The van der Waals surface area contributed by atoms with Gasteiger partial charge in [0.2, 0.25) is 0 Å². The first kappa shape index (κ1) is 9.35. The van der Waals surface area contributed by atoms with Gasteiger partial charge < -0.3 is 9.84 Å². The lowest BCUT2D eigenvalue weighted by Gasteiger charge is -1.77. The molecular weight excluding hydrogens is 152 g/mol. The Morgan fingerprint density at radius 3 is 2.09 bits per heavy atom. The third kappa shape index (κ3) is 4.83. The largest absolute Gasteiger partial charge is 0.481 e. The summed E-state index contributed by atoms with van der Waals surface area (Å²) in [4.78, 5) is 29.0. The molecule has 0 aromatic rings. The molecule has 0 atom stereocenters. The zero-order chi connectivity index (χ0) is 8.85. The number of carboxylic acid groups (broad SMARTS) is 1. The van der Waals surface area contributed by atoms with Crippen LogP contribution in [-0.2, 0) is 19.1 Å². The lowest BCUT2D eigenvalue weighted by atomic mass is 10.4. The highest BCUT2D eigenvalue weighted by molar-refractivity contribution is 6.40. The Kier molecular flexibility index (Phi) is 3.58. The van der Waals surface area contributed by atoms with Crippen LogP contribution < -0.4 is 0 Å². The number of carbonyl (C=O) groups is 3. The second kappa shape index (κ2) is 4.21. The van der Waals surface area contributed by atoms with Crippen LogP contribution in [0.4, 0.5) is 0 Å². The number of ether oxygens (including phenoxy) is 1. The third-order valence-electron chi connectivity index (χ3n) is 0.596. The predicted octanol–water partition coefficient (Wildman–Crippen LogP) is -0.283. The average molecular weight is 158 g/mol. The second-order valence-corrected chi connectivity index (χ2v) is 1.59. The molecule has 0 saturated heterocycles. The first-order valence-corrected chi connectivity index (χ1v) is 2.65. The minimum atomic E-state index is -0.833. The molecule has 1 aliphatic heterocycles. The van der Waals surface area contributed by atoms with Gasteiger partial charge in [-0.1, -0.05) is 0 Å². The van der Waals surface area contributed by atoms with Gasteiger partial charge in [0.1, 0.15) is 0 Å². The van der Waals surface area contributed by atoms with Crippen molar-refractivity contribution in [3.63, 3.8) is 0 Å². The molecule has 60 valence electrons. The molecule has 0 fully saturated rings. The molecule has 5 heteroatoms. The number of esters is 1. The second-order valence-electron chi connectivity index (χ2n) is 1.59. The number of rotatable bonds is 0. The number of carboxylic acids is 1. The van der Waals surface area contributed by atoms with Gasteiger partial charge in [-0.05, 0) is 0 Å². The smallest absolute Gasteiger partial charge is 0.383 e. The summed E-state index contributed by atoms with van der Waals surface area (Å²) in [5.74, 6) is -2.21. The molecular formula is C6H6O5. The van der Waals surface area contributed by atoms with Crippen molar-refractivity contribution in [2.24, 2.45) is 0 Å². The van der Waals surface area contributed by atoms with Crippen LogP contribution in [0, 0.1) is 0 Å². The van der Waals surface area contributed by atoms with Gasteiger partial charge in [0.25, 0.3) is 11.8 Å². The number of hydrogen-bond donors (Lipinski definition) is 1. The molecule has 5 nitrogen and oxygen atoms in total. The summed E-state index contributed by atoms with van der Waals surface area (Å²) in [6.45, 7) is 1.08. The van der Waals surface area contributed by atoms with Crippen molar-refractivity contribution in [1.82, 2.24) is 0 Å². The van der Waals surface area contributed by atoms with Crippen LogP contribution in [0.25, 0.3) is 0 Å². The van der Waals surface area contributed by atoms with Gasteiger partial charge in [-0.2, -0.15) is 0 Å². The van der Waals surface area contributed by atoms with E-state index in [4.69, 9.17) is 9.90 Å². The highest BCUT2D eigenvalue weighted by Crippen LogP contribution is 1.92. The fourth-order valence-corrected chi connectivity index (χ4v) is 0.284. The summed E-state index contributed by atoms with van der Waals surface area (Å²) in [6, 6.07) is 0. The van der Waals surface area contributed by atoms with Crippen LogP contribution in [0.1, 0.15) is 6.92 Å². The molecule has 0 spiro atoms. The summed E-state index contributed by atoms with van der Waals surface area (Å²) < 4.78 is 4.10. The summed E-state index contributed by atoms with van der Waals surface area (Å²) >= 11 is 0. The lowest BCUT2D eigenvalue weighted by molar-refractivity contribution is -0.145. The Labute approximate surface area is 62.3 Å². The molecule has 11 heavy (non-hydrogen) atoms. The SMILES string of the molecule is CC(=O)O.O=C1C=COC1=O. The Balaban J connectivity index is 0.000000218. The first-order chi connectivity index (χ1) is 5.04. The fourth-order valence-electron chi connectivity index (χ4n) is 0.284. The zero-order valence-electron chi connectivity index (χ0n) is 5.73. The van der Waals surface area contributed by atoms with Crippen molar-refractivity contribution < 1.29 is 24.2 Å². The fraction of sp³-hybridized carbons (Fsp3) is 0.167. The van der Waals surface area contributed by atoms with Crippen LogP contribution in [0.5, 0.6) is 0 Å². The Morgan fingerprint density at radius 2 is 2.00 bits per heavy atom. The van der Waals surface area contributed by atoms with Crippen molar-refractivity contribution in [1.29, 1.82) is 0 Å². The first-order valence-electron chi connectivity index (χ1n) is 2.65. The summed E-state index contributed by atoms with van der Waals surface area (Å²) in [5.41, 5.74) is 0. The van der Waals surface area contributed by atoms with Crippen molar-refractivity contribution in [2.45, 2.75) is 6.92 Å². The maximum Gasteiger partial charge on any atom is 0.383 e. The highest BCUT2D eigenvalue weighted by Gasteiger charge is 2.15. The number of cyclic esters (lactones) is 1. The molecule has 1 rings (SSSR count). The Morgan fingerprint density at radius 1 is 1.55 bits per heavy atom. The normalized spacial score (nSPS) is 13.5. The molecule has 1 aliphatic rings. The summed E-state index contributed by atoms with van der Waals surface area (Å²) in [7, 11) is 0. The van der Waals surface area contributed by atoms with E-state index in [-0.39, 0.29) is 0 Å². The van der Waals surface area contributed by atoms with Crippen LogP contribution in [0.15, 0.2) is 12.3 Å². The maximum absolute atomic E-state index is 10.0. The van der Waals surface area contributed by atoms with Gasteiger partial charge in [-0.15, -0.1) is 0 Å². The predicted molar refractivity (Wildman–Crippen MR) is 33.5 cm³/mol. The van der Waals surface area contributed by atoms with Crippen molar-refractivity contribution in [3.05, 3.63) is 12.3 Å². The minimum absolute atomic E-state index is 0.583. The van der Waals surface area contributed by atoms with Gasteiger partial charge in [0.05, 0.1) is 6.26 Å². The molecule has 0 unspecified atom stereocenters. The Hall–Kier alpha value is -1.65. The van der Waals surface area contributed by atoms with E-state index in [0.29, 0.717) is 0 Å². The molecule has 0 bridgehead atoms. The molecule has 0 amide bonds. The molecule has 0 radical (unpaired) electrons. The van der Waals surface area contributed by atoms with Gasteiger partial charge >= 0.3 is 5.97 Å². The molecule has 1 N–H and O–H groups in total. The summed E-state index contributed by atoms with van der Waals surface area (Å²) in [5, 5.41) is 7.42. The van der Waals surface area contributed by atoms with E-state index < -0.39 is 17.7 Å². The van der Waals surface area contributed by atoms with Gasteiger partial charge in [-0.3, -0.25) is 9.59 Å². The lowest BCUT2D eigenvalue weighted by Crippen LogP contribution is -2.04. The maximum atomic E-state index is 10.0. The number of ketones is 1. The number of aliphatic carboxylic acids is 1. The van der Waals surface area contributed by atoms with Crippen LogP contribution in [-0.4, -0.2) is 22.8 Å². The standard InChI is InChI=1S/C4H2O3.C2H4O2/c5-3-1-2-7-4(3)6;1-2(3)4/h1-2H;1H3,(H,3,4). The number of carbonyl (C=O) groups excluding carboxylic acids is 2. The van der Waals surface area contributed by atoms with E-state index in [1.54, 1.807) is 0 Å². The molecule has 0 saturated carbocycles. The number of hydrogen-bond acceptors (Lipinski definition) is 4. The molecule has 1 heterocycles. The highest BCUT2D eigenvalue weighted by atomic mass is 16.5. The van der Waals surface area contributed by atoms with Gasteiger partial charge in [0.15, 0.2) is 0 Å². The van der Waals surface area contributed by atoms with Crippen LogP contribution in [0.3, 0.4) is 0 Å². The zero-order valence-corrected chi connectivity index (χ0v) is 5.73. The van der Waals surface area contributed by atoms with Crippen LogP contribution >= 0.6 is 0 Å². The Bertz CT molecular complexity index is 211. The van der Waals surface area contributed by atoms with Gasteiger partial charge in [-0.25, -0.2) is 4.79 Å². The van der Waals surface area contributed by atoms with E-state index in [1.807, 2.05) is 0 Å². The van der Waals surface area contributed by atoms with Crippen LogP contribution in [0.2, 0.25) is 0 Å². The van der Waals surface area contributed by atoms with Gasteiger partial charge in [0, 0.05) is 13.0 Å². The minimum Gasteiger partial charge on any atom is -0.481 e. The van der Waals surface area contributed by atoms with Crippen molar-refractivity contribution in [3.8, 4) is 0 Å². The molecule has 0 aliphatic carbocycles. The molecule has 0 aromatic carbocycles. The third-order valence-corrected chi connectivity index (χ3v) is 0.596. The van der Waals surface area contributed by atoms with Crippen molar-refractivity contribution >= 4 is 17.7 Å². The average Bonchev–Trinajstić information content (AvgIpc) is 2.15. The van der Waals surface area contributed by atoms with E-state index in [1.165, 1.54) is 0 Å². The van der Waals surface area contributed by atoms with E-state index in [9.17, 15) is 9.59 Å². The topological polar surface area (TPSA) is 80.7 Å². The van der Waals surface area contributed by atoms with E-state index >= 15 is 0 Å².